The Morgan fingerprint density at radius 3 is 1.25 bits per heavy atom. The van der Waals surface area contributed by atoms with Crippen LogP contribution in [0, 0.1) is 0 Å². The van der Waals surface area contributed by atoms with Crippen LogP contribution in [0.1, 0.15) is 0 Å². The molecule has 0 aliphatic heterocycles. The molecule has 0 aromatic heterocycles. The minimum absolute atomic E-state index is 0. The Morgan fingerprint density at radius 2 is 1.25 bits per heavy atom. The third-order valence-corrected chi connectivity index (χ3v) is 0. The van der Waals surface area contributed by atoms with E-state index in [1.165, 1.54) is 0 Å². The summed E-state index contributed by atoms with van der Waals surface area (Å²) in [5.74, 6) is 0. The minimum Gasteiger partial charge on any atom is -0.166 e. The molecule has 0 rings (SSSR count). The van der Waals surface area contributed by atoms with Gasteiger partial charge in [0.05, 0.1) is 23.7 Å². The number of hydrogen-bond acceptors (Lipinski definition) is 1. The molecule has 28 valence electrons. The molecule has 1 nitrogen and oxygen atoms in total. The summed E-state index contributed by atoms with van der Waals surface area (Å²) in [6.07, 6.45) is 0. The first kappa shape index (κ1) is 8.95. The van der Waals surface area contributed by atoms with Gasteiger partial charge in [0.25, 0.3) is 0 Å². The molecule has 0 aliphatic rings. The summed E-state index contributed by atoms with van der Waals surface area (Å²) < 4.78 is 3.19. The van der Waals surface area contributed by atoms with Gasteiger partial charge in [0.2, 0.25) is 0 Å². The fourth-order valence-electron chi connectivity index (χ4n) is 0. The van der Waals surface area contributed by atoms with E-state index in [1.807, 2.05) is 0 Å². The molecule has 0 heterocycles. The zero-order valence-corrected chi connectivity index (χ0v) is 5.57. The monoisotopic (exact) mass is 278 g/mol. The van der Waals surface area contributed by atoms with Crippen molar-refractivity contribution in [3.63, 3.8) is 0 Å². The third kappa shape index (κ3) is 10.9. The summed E-state index contributed by atoms with van der Waals surface area (Å²) in [6.45, 7) is 0. The Labute approximate surface area is 47.6 Å². The topological polar surface area (TPSA) is 9.23 Å². The molecule has 0 bridgehead atoms. The molecule has 0 aromatic carbocycles. The maximum atomic E-state index is 4.26. The second-order valence-electron chi connectivity index (χ2n) is 0.0583. The average molecular weight is 277 g/mol. The number of hydrogen-bond donors (Lipinski definition) is 0. The summed E-state index contributed by atoms with van der Waals surface area (Å²) in [4.78, 5) is 0. The molecule has 0 aromatic rings. The SMILES string of the molecule is ClOCl.[Os]. The van der Waals surface area contributed by atoms with E-state index in [0.717, 1.165) is 0 Å². The molecule has 0 N–H and O–H groups in total. The van der Waals surface area contributed by atoms with Crippen LogP contribution in [0.2, 0.25) is 0 Å². The molecule has 0 saturated heterocycles. The van der Waals surface area contributed by atoms with Gasteiger partial charge in [0.1, 0.15) is 0 Å². The van der Waals surface area contributed by atoms with Crippen LogP contribution in [0.4, 0.5) is 0 Å². The molecule has 0 fully saturated rings. The van der Waals surface area contributed by atoms with Crippen molar-refractivity contribution in [1.29, 1.82) is 0 Å². The van der Waals surface area contributed by atoms with Gasteiger partial charge < -0.3 is 0 Å². The first-order valence-electron chi connectivity index (χ1n) is 0.309. The normalized spacial score (nSPS) is 4.50. The number of rotatable bonds is 0. The van der Waals surface area contributed by atoms with E-state index in [2.05, 4.69) is 27.6 Å². The van der Waals surface area contributed by atoms with Gasteiger partial charge in [-0.3, -0.25) is 0 Å². The van der Waals surface area contributed by atoms with Crippen molar-refractivity contribution in [3.8, 4) is 0 Å². The fourth-order valence-corrected chi connectivity index (χ4v) is 0. The van der Waals surface area contributed by atoms with E-state index in [0.29, 0.717) is 0 Å². The van der Waals surface area contributed by atoms with E-state index >= 15 is 0 Å². The Morgan fingerprint density at radius 1 is 1.25 bits per heavy atom. The summed E-state index contributed by atoms with van der Waals surface area (Å²) >= 11 is 8.53. The smallest absolute Gasteiger partial charge is 0.0832 e. The average Bonchev–Trinajstić information content (AvgIpc) is 0.918. The van der Waals surface area contributed by atoms with Crippen LogP contribution < -0.4 is 0 Å². The summed E-state index contributed by atoms with van der Waals surface area (Å²) in [7, 11) is 0. The zero-order chi connectivity index (χ0) is 2.71. The van der Waals surface area contributed by atoms with Gasteiger partial charge >= 0.3 is 0 Å². The molecular weight excluding hydrogens is 277 g/mol. The van der Waals surface area contributed by atoms with Gasteiger partial charge in [-0.05, 0) is 0 Å². The molecule has 0 radical (unpaired) electrons. The van der Waals surface area contributed by atoms with Gasteiger partial charge in [0, 0.05) is 19.8 Å². The van der Waals surface area contributed by atoms with Crippen molar-refractivity contribution in [2.45, 2.75) is 0 Å². The van der Waals surface area contributed by atoms with Crippen molar-refractivity contribution in [2.75, 3.05) is 0 Å². The van der Waals surface area contributed by atoms with Crippen molar-refractivity contribution >= 4 is 23.7 Å². The summed E-state index contributed by atoms with van der Waals surface area (Å²) in [5, 5.41) is 0. The van der Waals surface area contributed by atoms with Crippen molar-refractivity contribution < 1.29 is 23.6 Å². The van der Waals surface area contributed by atoms with E-state index < -0.39 is 0 Å². The molecule has 4 heteroatoms. The first-order chi connectivity index (χ1) is 1.41. The van der Waals surface area contributed by atoms with E-state index in [1.54, 1.807) is 0 Å². The Kier molecular flexibility index (Phi) is 19.9. The van der Waals surface area contributed by atoms with Crippen LogP contribution in [-0.2, 0) is 23.6 Å². The quantitative estimate of drug-likeness (QED) is 0.648. The Hall–Kier alpha value is 1.18. The predicted molar refractivity (Wildman–Crippen MR) is 12.8 cm³/mol. The van der Waals surface area contributed by atoms with Crippen LogP contribution in [0.3, 0.4) is 0 Å². The van der Waals surface area contributed by atoms with Gasteiger partial charge in [-0.2, -0.15) is 3.84 Å². The van der Waals surface area contributed by atoms with E-state index in [4.69, 9.17) is 0 Å². The number of halogens is 2. The van der Waals surface area contributed by atoms with Crippen molar-refractivity contribution in [2.24, 2.45) is 0 Å². The predicted octanol–water partition coefficient (Wildman–Crippen LogP) is 1.31. The van der Waals surface area contributed by atoms with Crippen molar-refractivity contribution in [1.82, 2.24) is 0 Å². The molecule has 0 spiro atoms. The van der Waals surface area contributed by atoms with Gasteiger partial charge in [-0.1, -0.05) is 0 Å². The van der Waals surface area contributed by atoms with Gasteiger partial charge in [-0.15, -0.1) is 0 Å². The summed E-state index contributed by atoms with van der Waals surface area (Å²) in [6, 6.07) is 0. The first-order valence-corrected chi connectivity index (χ1v) is 0.926. The molecule has 4 heavy (non-hydrogen) atoms. The second-order valence-corrected chi connectivity index (χ2v) is 0.525. The van der Waals surface area contributed by atoms with Gasteiger partial charge in [0.15, 0.2) is 0 Å². The minimum atomic E-state index is 0. The van der Waals surface area contributed by atoms with Crippen LogP contribution in [0.25, 0.3) is 0 Å². The fraction of sp³-hybridized carbons (Fsp3) is 0. The largest absolute Gasteiger partial charge is 0.166 e. The standard InChI is InChI=1S/Cl2O.Os/c1-3-2;. The summed E-state index contributed by atoms with van der Waals surface area (Å²) in [5.41, 5.74) is 0. The molecule has 0 atom stereocenters. The zero-order valence-electron chi connectivity index (χ0n) is 1.52. The second kappa shape index (κ2) is 8.90. The van der Waals surface area contributed by atoms with E-state index in [-0.39, 0.29) is 19.8 Å². The van der Waals surface area contributed by atoms with Crippen LogP contribution in [-0.4, -0.2) is 0 Å². The maximum absolute atomic E-state index is 4.26. The maximum Gasteiger partial charge on any atom is 0.0832 e. The molecular formula is Cl2OOs. The molecule has 0 aliphatic carbocycles. The van der Waals surface area contributed by atoms with Crippen LogP contribution >= 0.6 is 23.7 Å². The van der Waals surface area contributed by atoms with E-state index in [9.17, 15) is 0 Å². The van der Waals surface area contributed by atoms with Crippen molar-refractivity contribution in [3.05, 3.63) is 0 Å². The Balaban J connectivity index is 0. The van der Waals surface area contributed by atoms with Crippen LogP contribution in [0.5, 0.6) is 0 Å². The third-order valence-electron chi connectivity index (χ3n) is 0. The Bertz CT molecular complexity index is 6.00. The van der Waals surface area contributed by atoms with Gasteiger partial charge in [-0.25, -0.2) is 0 Å². The molecule has 0 unspecified atom stereocenters. The molecule has 0 saturated carbocycles. The van der Waals surface area contributed by atoms with Crippen LogP contribution in [0.15, 0.2) is 0 Å². The molecule has 0 amide bonds.